The zero-order chi connectivity index (χ0) is 19.4. The molecule has 1 N–H and O–H groups in total. The highest BCUT2D eigenvalue weighted by Crippen LogP contribution is 2.22. The Morgan fingerprint density at radius 2 is 1.48 bits per heavy atom. The van der Waals surface area contributed by atoms with Crippen LogP contribution in [-0.4, -0.2) is 24.1 Å². The van der Waals surface area contributed by atoms with Crippen molar-refractivity contribution in [1.82, 2.24) is 0 Å². The van der Waals surface area contributed by atoms with Gasteiger partial charge in [-0.15, -0.1) is 0 Å². The minimum absolute atomic E-state index is 0.0164. The molecule has 0 aliphatic heterocycles. The molecule has 0 aliphatic carbocycles. The van der Waals surface area contributed by atoms with Gasteiger partial charge in [0.25, 0.3) is 5.91 Å². The molecule has 5 heteroatoms. The van der Waals surface area contributed by atoms with Gasteiger partial charge in [0.15, 0.2) is 18.2 Å². The Kier molecular flexibility index (Phi) is 5.31. The highest BCUT2D eigenvalue weighted by atomic mass is 16.5. The van der Waals surface area contributed by atoms with Crippen molar-refractivity contribution in [2.75, 3.05) is 11.9 Å². The fourth-order valence-corrected chi connectivity index (χ4v) is 2.69. The largest absolute Gasteiger partial charge is 0.484 e. The van der Waals surface area contributed by atoms with Gasteiger partial charge < -0.3 is 10.1 Å². The maximum atomic E-state index is 12.1. The van der Waals surface area contributed by atoms with Crippen LogP contribution in [0.25, 0.3) is 10.8 Å². The summed E-state index contributed by atoms with van der Waals surface area (Å²) in [5.41, 5.74) is 1.74. The molecular formula is C22H19NO4. The summed E-state index contributed by atoms with van der Waals surface area (Å²) in [6, 6.07) is 17.6. The Labute approximate surface area is 157 Å². The van der Waals surface area contributed by atoms with Gasteiger partial charge in [-0.2, -0.15) is 0 Å². The molecule has 3 aromatic rings. The Bertz CT molecular complexity index is 1040. The average molecular weight is 361 g/mol. The normalized spacial score (nSPS) is 10.4. The predicted octanol–water partition coefficient (Wildman–Crippen LogP) is 4.26. The first-order valence-electron chi connectivity index (χ1n) is 8.51. The van der Waals surface area contributed by atoms with Crippen LogP contribution in [0.15, 0.2) is 60.7 Å². The molecule has 0 atom stereocenters. The maximum absolute atomic E-state index is 12.1. The van der Waals surface area contributed by atoms with Gasteiger partial charge >= 0.3 is 0 Å². The van der Waals surface area contributed by atoms with Crippen molar-refractivity contribution in [2.24, 2.45) is 0 Å². The van der Waals surface area contributed by atoms with E-state index < -0.39 is 0 Å². The fraction of sp³-hybridized carbons (Fsp3) is 0.136. The molecule has 0 aliphatic rings. The van der Waals surface area contributed by atoms with Gasteiger partial charge in [-0.25, -0.2) is 0 Å². The molecule has 3 aromatic carbocycles. The fourth-order valence-electron chi connectivity index (χ4n) is 2.69. The lowest BCUT2D eigenvalue weighted by molar-refractivity contribution is -0.118. The molecule has 0 saturated heterocycles. The first kappa shape index (κ1) is 18.3. The lowest BCUT2D eigenvalue weighted by Gasteiger charge is -2.09. The van der Waals surface area contributed by atoms with Gasteiger partial charge in [0, 0.05) is 16.8 Å². The summed E-state index contributed by atoms with van der Waals surface area (Å²) >= 11 is 0. The maximum Gasteiger partial charge on any atom is 0.262 e. The van der Waals surface area contributed by atoms with Crippen molar-refractivity contribution in [3.63, 3.8) is 0 Å². The van der Waals surface area contributed by atoms with E-state index in [0.717, 1.165) is 10.8 Å². The third-order valence-electron chi connectivity index (χ3n) is 4.14. The van der Waals surface area contributed by atoms with E-state index in [1.807, 2.05) is 24.3 Å². The summed E-state index contributed by atoms with van der Waals surface area (Å²) in [7, 11) is 0. The molecule has 1 amide bonds. The lowest BCUT2D eigenvalue weighted by atomic mass is 10.0. The van der Waals surface area contributed by atoms with Crippen LogP contribution in [0.5, 0.6) is 5.75 Å². The quantitative estimate of drug-likeness (QED) is 0.666. The second-order valence-electron chi connectivity index (χ2n) is 6.25. The van der Waals surface area contributed by atoms with Gasteiger partial charge in [-0.05, 0) is 55.0 Å². The highest BCUT2D eigenvalue weighted by molar-refractivity contribution is 5.99. The molecule has 136 valence electrons. The third kappa shape index (κ3) is 4.58. The Morgan fingerprint density at radius 3 is 2.22 bits per heavy atom. The van der Waals surface area contributed by atoms with Crippen LogP contribution in [0.3, 0.4) is 0 Å². The summed E-state index contributed by atoms with van der Waals surface area (Å²) in [6.07, 6.45) is 0. The van der Waals surface area contributed by atoms with Crippen molar-refractivity contribution < 1.29 is 19.1 Å². The number of anilines is 1. The van der Waals surface area contributed by atoms with Crippen molar-refractivity contribution in [2.45, 2.75) is 13.8 Å². The first-order chi connectivity index (χ1) is 12.9. The van der Waals surface area contributed by atoms with E-state index in [9.17, 15) is 14.4 Å². The lowest BCUT2D eigenvalue weighted by Crippen LogP contribution is -2.20. The number of carbonyl (C=O) groups is 3. The third-order valence-corrected chi connectivity index (χ3v) is 4.14. The smallest absolute Gasteiger partial charge is 0.262 e. The van der Waals surface area contributed by atoms with Gasteiger partial charge in [-0.3, -0.25) is 14.4 Å². The minimum Gasteiger partial charge on any atom is -0.484 e. The second-order valence-corrected chi connectivity index (χ2v) is 6.25. The van der Waals surface area contributed by atoms with E-state index in [1.165, 1.54) is 13.8 Å². The molecule has 0 fully saturated rings. The number of hydrogen-bond acceptors (Lipinski definition) is 4. The van der Waals surface area contributed by atoms with Crippen molar-refractivity contribution in [1.29, 1.82) is 0 Å². The average Bonchev–Trinajstić information content (AvgIpc) is 2.66. The number of fused-ring (bicyclic) bond motifs is 1. The van der Waals surface area contributed by atoms with Gasteiger partial charge in [-0.1, -0.05) is 30.3 Å². The van der Waals surface area contributed by atoms with Crippen LogP contribution in [0, 0.1) is 0 Å². The number of rotatable bonds is 6. The van der Waals surface area contributed by atoms with Gasteiger partial charge in [0.1, 0.15) is 5.75 Å². The van der Waals surface area contributed by atoms with Crippen LogP contribution >= 0.6 is 0 Å². The van der Waals surface area contributed by atoms with Crippen LogP contribution in [0.2, 0.25) is 0 Å². The number of amides is 1. The monoisotopic (exact) mass is 361 g/mol. The second kappa shape index (κ2) is 7.83. The predicted molar refractivity (Wildman–Crippen MR) is 105 cm³/mol. The summed E-state index contributed by atoms with van der Waals surface area (Å²) in [6.45, 7) is 2.85. The summed E-state index contributed by atoms with van der Waals surface area (Å²) in [5, 5.41) is 4.57. The van der Waals surface area contributed by atoms with E-state index in [2.05, 4.69) is 5.32 Å². The van der Waals surface area contributed by atoms with E-state index in [-0.39, 0.29) is 24.1 Å². The topological polar surface area (TPSA) is 72.5 Å². The standard InChI is InChI=1S/C22H19NO4/c1-14(24)16-4-3-5-20(11-16)23-22(26)13-27-21-9-8-18-10-17(15(2)25)6-7-19(18)12-21/h3-12H,13H2,1-2H3,(H,23,26). The van der Waals surface area contributed by atoms with Gasteiger partial charge in [0.05, 0.1) is 0 Å². The Balaban J connectivity index is 1.64. The molecule has 0 bridgehead atoms. The van der Waals surface area contributed by atoms with Crippen LogP contribution < -0.4 is 10.1 Å². The van der Waals surface area contributed by atoms with E-state index in [4.69, 9.17) is 4.74 Å². The van der Waals surface area contributed by atoms with Crippen LogP contribution in [-0.2, 0) is 4.79 Å². The van der Waals surface area contributed by atoms with Crippen LogP contribution in [0.4, 0.5) is 5.69 Å². The molecule has 0 unspecified atom stereocenters. The minimum atomic E-state index is -0.317. The number of ether oxygens (including phenoxy) is 1. The molecular weight excluding hydrogens is 342 g/mol. The van der Waals surface area contributed by atoms with Crippen molar-refractivity contribution >= 4 is 33.9 Å². The Morgan fingerprint density at radius 1 is 0.815 bits per heavy atom. The molecule has 5 nitrogen and oxygen atoms in total. The summed E-state index contributed by atoms with van der Waals surface area (Å²) < 4.78 is 5.56. The summed E-state index contributed by atoms with van der Waals surface area (Å²) in [5.74, 6) is 0.197. The van der Waals surface area contributed by atoms with Crippen molar-refractivity contribution in [3.05, 3.63) is 71.8 Å². The van der Waals surface area contributed by atoms with Gasteiger partial charge in [0.2, 0.25) is 0 Å². The highest BCUT2D eigenvalue weighted by Gasteiger charge is 2.07. The zero-order valence-electron chi connectivity index (χ0n) is 15.1. The number of benzene rings is 3. The van der Waals surface area contributed by atoms with Crippen LogP contribution in [0.1, 0.15) is 34.6 Å². The SMILES string of the molecule is CC(=O)c1cccc(NC(=O)COc2ccc3cc(C(C)=O)ccc3c2)c1. The number of carbonyl (C=O) groups excluding carboxylic acids is 3. The van der Waals surface area contributed by atoms with Crippen molar-refractivity contribution in [3.8, 4) is 5.75 Å². The van der Waals surface area contributed by atoms with E-state index in [0.29, 0.717) is 22.6 Å². The molecule has 0 radical (unpaired) electrons. The number of hydrogen-bond donors (Lipinski definition) is 1. The van der Waals surface area contributed by atoms with E-state index >= 15 is 0 Å². The molecule has 0 aromatic heterocycles. The van der Waals surface area contributed by atoms with E-state index in [1.54, 1.807) is 36.4 Å². The zero-order valence-corrected chi connectivity index (χ0v) is 15.1. The molecule has 3 rings (SSSR count). The summed E-state index contributed by atoms with van der Waals surface area (Å²) in [4.78, 5) is 34.9. The first-order valence-corrected chi connectivity index (χ1v) is 8.51. The Hall–Kier alpha value is -3.47. The number of nitrogens with one attached hydrogen (secondary N) is 1. The molecule has 0 spiro atoms. The number of ketones is 2. The molecule has 0 heterocycles. The molecule has 27 heavy (non-hydrogen) atoms. The molecule has 0 saturated carbocycles. The number of Topliss-reactive ketones (excluding diaryl/α,β-unsaturated/α-hetero) is 2.